The molecule has 14 heavy (non-hydrogen) atoms. The quantitative estimate of drug-likeness (QED) is 0.640. The molecule has 0 aromatic carbocycles. The largest absolute Gasteiger partial charge is 0.305 e. The zero-order valence-corrected chi connectivity index (χ0v) is 9.21. The van der Waals surface area contributed by atoms with Gasteiger partial charge in [0.15, 0.2) is 0 Å². The van der Waals surface area contributed by atoms with E-state index in [-0.39, 0.29) is 0 Å². The Morgan fingerprint density at radius 1 is 1.29 bits per heavy atom. The molecule has 80 valence electrons. The molecular weight excluding hydrogens is 174 g/mol. The van der Waals surface area contributed by atoms with Gasteiger partial charge < -0.3 is 9.80 Å². The van der Waals surface area contributed by atoms with Gasteiger partial charge in [-0.25, -0.2) is 0 Å². The van der Waals surface area contributed by atoms with Crippen LogP contribution in [0.4, 0.5) is 0 Å². The van der Waals surface area contributed by atoms with E-state index < -0.39 is 0 Å². The second-order valence-corrected chi connectivity index (χ2v) is 4.11. The maximum atomic E-state index is 8.43. The Labute approximate surface area is 87.3 Å². The Morgan fingerprint density at radius 2 is 2.00 bits per heavy atom. The van der Waals surface area contributed by atoms with Crippen LogP contribution in [0.2, 0.25) is 0 Å². The summed E-state index contributed by atoms with van der Waals surface area (Å²) < 4.78 is 0. The first-order chi connectivity index (χ1) is 6.83. The molecule has 0 unspecified atom stereocenters. The maximum absolute atomic E-state index is 8.43. The van der Waals surface area contributed by atoms with Gasteiger partial charge in [-0.3, -0.25) is 0 Å². The number of likely N-dealkylation sites (tertiary alicyclic amines) is 1. The van der Waals surface area contributed by atoms with Crippen LogP contribution in [0.25, 0.3) is 0 Å². The van der Waals surface area contributed by atoms with Crippen LogP contribution in [0.1, 0.15) is 25.7 Å². The van der Waals surface area contributed by atoms with Gasteiger partial charge in [-0.1, -0.05) is 0 Å². The van der Waals surface area contributed by atoms with Gasteiger partial charge in [-0.15, -0.1) is 0 Å². The number of rotatable bonds is 6. The summed E-state index contributed by atoms with van der Waals surface area (Å²) in [6, 6.07) is 2.18. The van der Waals surface area contributed by atoms with E-state index in [1.165, 1.54) is 38.9 Å². The van der Waals surface area contributed by atoms with Crippen molar-refractivity contribution in [2.24, 2.45) is 0 Å². The summed E-state index contributed by atoms with van der Waals surface area (Å²) in [5, 5.41) is 8.43. The molecule has 3 nitrogen and oxygen atoms in total. The average molecular weight is 195 g/mol. The molecule has 0 spiro atoms. The second-order valence-electron chi connectivity index (χ2n) is 4.11. The zero-order valence-electron chi connectivity index (χ0n) is 9.21. The van der Waals surface area contributed by atoms with Crippen molar-refractivity contribution in [2.45, 2.75) is 25.7 Å². The van der Waals surface area contributed by atoms with E-state index >= 15 is 0 Å². The lowest BCUT2D eigenvalue weighted by molar-refractivity contribution is 0.282. The number of nitrogens with zero attached hydrogens (tertiary/aromatic N) is 3. The van der Waals surface area contributed by atoms with Crippen LogP contribution < -0.4 is 0 Å². The molecule has 0 N–H and O–H groups in total. The van der Waals surface area contributed by atoms with Crippen molar-refractivity contribution in [3.63, 3.8) is 0 Å². The molecule has 1 aliphatic rings. The summed E-state index contributed by atoms with van der Waals surface area (Å²) >= 11 is 0. The lowest BCUT2D eigenvalue weighted by Gasteiger charge is -2.18. The standard InChI is InChI=1S/C11H21N3/c1-13(7-4-6-12)8-5-11-14-9-2-3-10-14/h2-5,7-11H2,1H3. The molecule has 1 heterocycles. The highest BCUT2D eigenvalue weighted by Gasteiger charge is 2.10. The molecule has 1 rings (SSSR count). The first kappa shape index (κ1) is 11.5. The lowest BCUT2D eigenvalue weighted by Crippen LogP contribution is -2.26. The van der Waals surface area contributed by atoms with Crippen LogP contribution >= 0.6 is 0 Å². The van der Waals surface area contributed by atoms with Crippen molar-refractivity contribution in [1.82, 2.24) is 9.80 Å². The first-order valence-electron chi connectivity index (χ1n) is 5.61. The van der Waals surface area contributed by atoms with Crippen LogP contribution in [0.3, 0.4) is 0 Å². The average Bonchev–Trinajstić information content (AvgIpc) is 2.67. The third-order valence-corrected chi connectivity index (χ3v) is 2.82. The van der Waals surface area contributed by atoms with Crippen LogP contribution in [0.15, 0.2) is 0 Å². The Kier molecular flexibility index (Phi) is 5.58. The van der Waals surface area contributed by atoms with Crippen molar-refractivity contribution in [3.8, 4) is 6.07 Å². The van der Waals surface area contributed by atoms with E-state index in [1.54, 1.807) is 0 Å². The van der Waals surface area contributed by atoms with Crippen LogP contribution in [-0.4, -0.2) is 49.6 Å². The highest BCUT2D eigenvalue weighted by atomic mass is 15.1. The van der Waals surface area contributed by atoms with E-state index in [4.69, 9.17) is 5.26 Å². The van der Waals surface area contributed by atoms with Crippen molar-refractivity contribution in [1.29, 1.82) is 5.26 Å². The minimum atomic E-state index is 0.653. The summed E-state index contributed by atoms with van der Waals surface area (Å²) in [5.74, 6) is 0. The van der Waals surface area contributed by atoms with E-state index in [9.17, 15) is 0 Å². The molecular formula is C11H21N3. The van der Waals surface area contributed by atoms with E-state index in [1.807, 2.05) is 0 Å². The van der Waals surface area contributed by atoms with Crippen molar-refractivity contribution in [2.75, 3.05) is 39.8 Å². The molecule has 3 heteroatoms. The Bertz CT molecular complexity index is 179. The predicted molar refractivity (Wildman–Crippen MR) is 58.0 cm³/mol. The normalized spacial score (nSPS) is 17.5. The zero-order chi connectivity index (χ0) is 10.2. The summed E-state index contributed by atoms with van der Waals surface area (Å²) in [7, 11) is 2.10. The Balaban J connectivity index is 1.94. The third-order valence-electron chi connectivity index (χ3n) is 2.82. The van der Waals surface area contributed by atoms with Crippen LogP contribution in [0, 0.1) is 11.3 Å². The van der Waals surface area contributed by atoms with Crippen molar-refractivity contribution >= 4 is 0 Å². The molecule has 0 saturated carbocycles. The monoisotopic (exact) mass is 195 g/mol. The number of hydrogen-bond donors (Lipinski definition) is 0. The number of hydrogen-bond acceptors (Lipinski definition) is 3. The topological polar surface area (TPSA) is 30.3 Å². The van der Waals surface area contributed by atoms with Gasteiger partial charge >= 0.3 is 0 Å². The lowest BCUT2D eigenvalue weighted by atomic mass is 10.3. The summed E-state index contributed by atoms with van der Waals surface area (Å²) in [4.78, 5) is 4.79. The number of nitriles is 1. The summed E-state index contributed by atoms with van der Waals surface area (Å²) in [6.45, 7) is 5.86. The molecule has 0 aromatic heterocycles. The highest BCUT2D eigenvalue weighted by molar-refractivity contribution is 4.71. The fourth-order valence-corrected chi connectivity index (χ4v) is 1.92. The van der Waals surface area contributed by atoms with Gasteiger partial charge in [-0.05, 0) is 52.5 Å². The molecule has 1 saturated heterocycles. The van der Waals surface area contributed by atoms with Gasteiger partial charge in [0.2, 0.25) is 0 Å². The minimum Gasteiger partial charge on any atom is -0.305 e. The first-order valence-corrected chi connectivity index (χ1v) is 5.61. The molecule has 0 radical (unpaired) electrons. The van der Waals surface area contributed by atoms with Gasteiger partial charge in [0.25, 0.3) is 0 Å². The second kappa shape index (κ2) is 6.80. The third kappa shape index (κ3) is 4.59. The van der Waals surface area contributed by atoms with Gasteiger partial charge in [0.05, 0.1) is 6.07 Å². The van der Waals surface area contributed by atoms with Crippen molar-refractivity contribution < 1.29 is 0 Å². The van der Waals surface area contributed by atoms with Gasteiger partial charge in [-0.2, -0.15) is 5.26 Å². The van der Waals surface area contributed by atoms with Crippen LogP contribution in [-0.2, 0) is 0 Å². The van der Waals surface area contributed by atoms with E-state index in [0.717, 1.165) is 13.1 Å². The SMILES string of the molecule is CN(CCC#N)CCCN1CCCC1. The molecule has 0 bridgehead atoms. The van der Waals surface area contributed by atoms with Crippen molar-refractivity contribution in [3.05, 3.63) is 0 Å². The van der Waals surface area contributed by atoms with E-state index in [0.29, 0.717) is 6.42 Å². The fraction of sp³-hybridized carbons (Fsp3) is 0.909. The predicted octanol–water partition coefficient (Wildman–Crippen LogP) is 1.32. The highest BCUT2D eigenvalue weighted by Crippen LogP contribution is 2.07. The van der Waals surface area contributed by atoms with E-state index in [2.05, 4.69) is 22.9 Å². The molecule has 0 atom stereocenters. The molecule has 1 fully saturated rings. The van der Waals surface area contributed by atoms with Gasteiger partial charge in [0.1, 0.15) is 0 Å². The smallest absolute Gasteiger partial charge is 0.0635 e. The van der Waals surface area contributed by atoms with Gasteiger partial charge in [0, 0.05) is 13.0 Å². The molecule has 0 aromatic rings. The fourth-order valence-electron chi connectivity index (χ4n) is 1.92. The maximum Gasteiger partial charge on any atom is 0.0635 e. The molecule has 0 amide bonds. The molecule has 1 aliphatic heterocycles. The van der Waals surface area contributed by atoms with Crippen LogP contribution in [0.5, 0.6) is 0 Å². The Hall–Kier alpha value is -0.590. The minimum absolute atomic E-state index is 0.653. The molecule has 0 aliphatic carbocycles. The summed E-state index contributed by atoms with van der Waals surface area (Å²) in [6.07, 6.45) is 4.65. The Morgan fingerprint density at radius 3 is 2.64 bits per heavy atom. The summed E-state index contributed by atoms with van der Waals surface area (Å²) in [5.41, 5.74) is 0.